The predicted molar refractivity (Wildman–Crippen MR) is 170 cm³/mol. The van der Waals surface area contributed by atoms with Gasteiger partial charge in [0.25, 0.3) is 0 Å². The smallest absolute Gasteiger partial charge is 0.0464 e. The average Bonchev–Trinajstić information content (AvgIpc) is 3.01. The molecule has 0 radical (unpaired) electrons. The molecule has 0 aliphatic heterocycles. The molecular weight excluding hydrogens is 484 g/mol. The highest BCUT2D eigenvalue weighted by Crippen LogP contribution is 2.60. The Bertz CT molecular complexity index is 671. The van der Waals surface area contributed by atoms with Gasteiger partial charge < -0.3 is 5.11 Å². The van der Waals surface area contributed by atoms with Gasteiger partial charge in [0.15, 0.2) is 0 Å². The standard InChI is InChI=1S/C39H68O/c1-4-34-37(25-40)39(33-23-19-31(20-24-33)29-15-11-27(3)12-16-29)36-8-6-5-7-35(36)38(34)32-21-17-30(18-22-32)28-13-9-26(2)10-14-28/h26-40H,4-25H2,1-3H3. The van der Waals surface area contributed by atoms with Crippen LogP contribution in [-0.4, -0.2) is 11.7 Å². The van der Waals surface area contributed by atoms with Crippen LogP contribution in [0.1, 0.15) is 156 Å². The second kappa shape index (κ2) is 13.7. The Morgan fingerprint density at radius 3 is 1.10 bits per heavy atom. The second-order valence-electron chi connectivity index (χ2n) is 17.1. The van der Waals surface area contributed by atoms with Crippen LogP contribution in [0.4, 0.5) is 0 Å². The van der Waals surface area contributed by atoms with Crippen LogP contribution in [0.2, 0.25) is 0 Å². The molecule has 6 aliphatic carbocycles. The lowest BCUT2D eigenvalue weighted by molar-refractivity contribution is -0.116. The van der Waals surface area contributed by atoms with Crippen molar-refractivity contribution in [3.63, 3.8) is 0 Å². The molecule has 0 aromatic carbocycles. The van der Waals surface area contributed by atoms with Crippen molar-refractivity contribution in [1.29, 1.82) is 0 Å². The lowest BCUT2D eigenvalue weighted by Gasteiger charge is -2.59. The summed E-state index contributed by atoms with van der Waals surface area (Å²) in [5.74, 6) is 13.1. The molecule has 0 aromatic heterocycles. The van der Waals surface area contributed by atoms with E-state index in [1.807, 2.05) is 0 Å². The van der Waals surface area contributed by atoms with E-state index in [0.717, 1.165) is 76.9 Å². The first kappa shape index (κ1) is 30.0. The highest BCUT2D eigenvalue weighted by Gasteiger charge is 2.54. The SMILES string of the molecule is CCC1C(CO)C(C2CCC(C3CCC(C)CC3)CC2)C2CCCCC2C1C1CCC(C2CCC(C)CC2)CC1. The minimum Gasteiger partial charge on any atom is -0.396 e. The molecule has 0 amide bonds. The molecule has 1 N–H and O–H groups in total. The number of hydrogen-bond acceptors (Lipinski definition) is 1. The summed E-state index contributed by atoms with van der Waals surface area (Å²) < 4.78 is 0. The lowest BCUT2D eigenvalue weighted by atomic mass is 9.46. The Morgan fingerprint density at radius 2 is 0.750 bits per heavy atom. The zero-order chi connectivity index (χ0) is 27.6. The summed E-state index contributed by atoms with van der Waals surface area (Å²) in [6.45, 7) is 7.96. The number of hydrogen-bond donors (Lipinski definition) is 1. The first-order chi connectivity index (χ1) is 19.6. The van der Waals surface area contributed by atoms with Gasteiger partial charge >= 0.3 is 0 Å². The van der Waals surface area contributed by atoms with E-state index in [1.165, 1.54) is 135 Å². The molecule has 6 unspecified atom stereocenters. The molecule has 1 nitrogen and oxygen atoms in total. The summed E-state index contributed by atoms with van der Waals surface area (Å²) in [4.78, 5) is 0. The van der Waals surface area contributed by atoms with Gasteiger partial charge in [-0.15, -0.1) is 0 Å². The van der Waals surface area contributed by atoms with Gasteiger partial charge in [0.05, 0.1) is 0 Å². The Kier molecular flexibility index (Phi) is 10.3. The number of aliphatic hydroxyl groups excluding tert-OH is 1. The third kappa shape index (κ3) is 6.27. The van der Waals surface area contributed by atoms with Crippen LogP contribution in [0, 0.1) is 82.9 Å². The van der Waals surface area contributed by atoms with Gasteiger partial charge in [-0.2, -0.15) is 0 Å². The van der Waals surface area contributed by atoms with Crippen molar-refractivity contribution < 1.29 is 5.11 Å². The first-order valence-corrected chi connectivity index (χ1v) is 19.2. The summed E-state index contributed by atoms with van der Waals surface area (Å²) in [6, 6.07) is 0. The van der Waals surface area contributed by atoms with Crippen LogP contribution in [-0.2, 0) is 0 Å². The van der Waals surface area contributed by atoms with Gasteiger partial charge in [0, 0.05) is 6.61 Å². The van der Waals surface area contributed by atoms with E-state index in [9.17, 15) is 5.11 Å². The van der Waals surface area contributed by atoms with Gasteiger partial charge in [-0.1, -0.05) is 65.7 Å². The Balaban J connectivity index is 1.13. The maximum Gasteiger partial charge on any atom is 0.0464 e. The maximum atomic E-state index is 11.1. The highest BCUT2D eigenvalue weighted by atomic mass is 16.3. The van der Waals surface area contributed by atoms with E-state index in [2.05, 4.69) is 20.8 Å². The summed E-state index contributed by atoms with van der Waals surface area (Å²) in [6.07, 6.45) is 31.5. The van der Waals surface area contributed by atoms with E-state index in [4.69, 9.17) is 0 Å². The zero-order valence-corrected chi connectivity index (χ0v) is 27.1. The van der Waals surface area contributed by atoms with Crippen LogP contribution < -0.4 is 0 Å². The molecule has 40 heavy (non-hydrogen) atoms. The van der Waals surface area contributed by atoms with Crippen LogP contribution in [0.3, 0.4) is 0 Å². The minimum absolute atomic E-state index is 0.485. The molecule has 6 saturated carbocycles. The van der Waals surface area contributed by atoms with E-state index in [1.54, 1.807) is 0 Å². The molecule has 0 bridgehead atoms. The van der Waals surface area contributed by atoms with Crippen molar-refractivity contribution in [2.45, 2.75) is 156 Å². The summed E-state index contributed by atoms with van der Waals surface area (Å²) in [5, 5.41) is 11.1. The normalized spacial score (nSPS) is 50.7. The zero-order valence-electron chi connectivity index (χ0n) is 27.1. The maximum absolute atomic E-state index is 11.1. The van der Waals surface area contributed by atoms with E-state index in [-0.39, 0.29) is 0 Å². The third-order valence-corrected chi connectivity index (χ3v) is 15.3. The quantitative estimate of drug-likeness (QED) is 0.347. The van der Waals surface area contributed by atoms with Crippen LogP contribution in [0.25, 0.3) is 0 Å². The minimum atomic E-state index is 0.485. The first-order valence-electron chi connectivity index (χ1n) is 19.2. The van der Waals surface area contributed by atoms with Crippen molar-refractivity contribution in [3.8, 4) is 0 Å². The summed E-state index contributed by atoms with van der Waals surface area (Å²) in [7, 11) is 0. The third-order valence-electron chi connectivity index (χ3n) is 15.3. The van der Waals surface area contributed by atoms with Gasteiger partial charge in [0.1, 0.15) is 0 Å². The molecule has 6 fully saturated rings. The van der Waals surface area contributed by atoms with Crippen molar-refractivity contribution in [1.82, 2.24) is 0 Å². The predicted octanol–water partition coefficient (Wildman–Crippen LogP) is 10.9. The molecule has 230 valence electrons. The molecule has 0 saturated heterocycles. The van der Waals surface area contributed by atoms with Crippen molar-refractivity contribution in [3.05, 3.63) is 0 Å². The molecule has 6 aliphatic rings. The number of rotatable bonds is 6. The summed E-state index contributed by atoms with van der Waals surface area (Å²) >= 11 is 0. The van der Waals surface area contributed by atoms with E-state index >= 15 is 0 Å². The summed E-state index contributed by atoms with van der Waals surface area (Å²) in [5.41, 5.74) is 0. The lowest BCUT2D eigenvalue weighted by Crippen LogP contribution is -2.53. The van der Waals surface area contributed by atoms with Gasteiger partial charge in [0.2, 0.25) is 0 Å². The Labute approximate surface area is 249 Å². The molecule has 6 rings (SSSR count). The monoisotopic (exact) mass is 553 g/mol. The van der Waals surface area contributed by atoms with E-state index < -0.39 is 0 Å². The van der Waals surface area contributed by atoms with Gasteiger partial charge in [-0.3, -0.25) is 0 Å². The molecule has 0 heterocycles. The van der Waals surface area contributed by atoms with Crippen molar-refractivity contribution in [2.75, 3.05) is 6.61 Å². The van der Waals surface area contributed by atoms with Gasteiger partial charge in [-0.25, -0.2) is 0 Å². The number of fused-ring (bicyclic) bond motifs is 1. The van der Waals surface area contributed by atoms with Crippen molar-refractivity contribution >= 4 is 0 Å². The Morgan fingerprint density at radius 1 is 0.425 bits per heavy atom. The Hall–Kier alpha value is -0.0400. The fraction of sp³-hybridized carbons (Fsp3) is 1.00. The van der Waals surface area contributed by atoms with Gasteiger partial charge in [-0.05, 0) is 173 Å². The topological polar surface area (TPSA) is 20.2 Å². The molecule has 1 heteroatoms. The van der Waals surface area contributed by atoms with Crippen LogP contribution in [0.5, 0.6) is 0 Å². The fourth-order valence-corrected chi connectivity index (χ4v) is 13.1. The largest absolute Gasteiger partial charge is 0.396 e. The number of aliphatic hydroxyl groups is 1. The molecule has 6 atom stereocenters. The average molecular weight is 553 g/mol. The molecule has 0 spiro atoms. The second-order valence-corrected chi connectivity index (χ2v) is 17.1. The highest BCUT2D eigenvalue weighted by molar-refractivity contribution is 5.03. The van der Waals surface area contributed by atoms with Crippen molar-refractivity contribution in [2.24, 2.45) is 82.9 Å². The van der Waals surface area contributed by atoms with Crippen LogP contribution in [0.15, 0.2) is 0 Å². The molecule has 0 aromatic rings. The fourth-order valence-electron chi connectivity index (χ4n) is 13.1. The van der Waals surface area contributed by atoms with E-state index in [0.29, 0.717) is 12.5 Å². The van der Waals surface area contributed by atoms with Crippen LogP contribution >= 0.6 is 0 Å². The molecular formula is C39H68O.